The lowest BCUT2D eigenvalue weighted by Gasteiger charge is -2.30. The molecule has 3 heteroatoms. The molecule has 3 nitrogen and oxygen atoms in total. The number of ether oxygens (including phenoxy) is 1. The molecule has 3 unspecified atom stereocenters. The van der Waals surface area contributed by atoms with Crippen LogP contribution in [0.3, 0.4) is 0 Å². The first kappa shape index (κ1) is 18.1. The summed E-state index contributed by atoms with van der Waals surface area (Å²) in [5, 5.41) is 0. The fraction of sp³-hybridized carbons (Fsp3) is 0.667. The molecule has 0 aromatic heterocycles. The second kappa shape index (κ2) is 10.8. The molecule has 0 saturated carbocycles. The van der Waals surface area contributed by atoms with Gasteiger partial charge < -0.3 is 4.74 Å². The van der Waals surface area contributed by atoms with Crippen molar-refractivity contribution in [3.63, 3.8) is 0 Å². The van der Waals surface area contributed by atoms with E-state index in [2.05, 4.69) is 43.5 Å². The molecule has 1 aromatic carbocycles. The molecule has 0 radical (unpaired) electrons. The van der Waals surface area contributed by atoms with Gasteiger partial charge >= 0.3 is 0 Å². The van der Waals surface area contributed by atoms with Crippen LogP contribution in [-0.2, 0) is 4.74 Å². The fourth-order valence-electron chi connectivity index (χ4n) is 2.89. The van der Waals surface area contributed by atoms with Crippen molar-refractivity contribution in [2.24, 2.45) is 11.8 Å². The Morgan fingerprint density at radius 1 is 1.14 bits per heavy atom. The standard InChI is InChI=1S/C18H32N2O/c1-4-7-11-15(5-2)14-17(20-19)18(21-6-3)16-12-9-8-10-13-16/h8-10,12-13,15,17-18,20H,4-7,11,14,19H2,1-3H3. The summed E-state index contributed by atoms with van der Waals surface area (Å²) < 4.78 is 5.99. The molecule has 0 aliphatic carbocycles. The van der Waals surface area contributed by atoms with Crippen LogP contribution < -0.4 is 11.3 Å². The maximum atomic E-state index is 5.99. The highest BCUT2D eigenvalue weighted by molar-refractivity contribution is 5.19. The van der Waals surface area contributed by atoms with Crippen molar-refractivity contribution >= 4 is 0 Å². The van der Waals surface area contributed by atoms with Gasteiger partial charge in [0.25, 0.3) is 0 Å². The van der Waals surface area contributed by atoms with E-state index in [1.165, 1.54) is 31.2 Å². The Balaban J connectivity index is 2.77. The van der Waals surface area contributed by atoms with Crippen LogP contribution in [0.25, 0.3) is 0 Å². The first-order valence-corrected chi connectivity index (χ1v) is 8.39. The third-order valence-electron chi connectivity index (χ3n) is 4.18. The van der Waals surface area contributed by atoms with E-state index in [1.54, 1.807) is 0 Å². The Morgan fingerprint density at radius 3 is 2.38 bits per heavy atom. The van der Waals surface area contributed by atoms with Crippen molar-refractivity contribution in [2.75, 3.05) is 6.61 Å². The molecule has 1 aromatic rings. The van der Waals surface area contributed by atoms with Crippen LogP contribution in [0.15, 0.2) is 30.3 Å². The smallest absolute Gasteiger partial charge is 0.0991 e. The van der Waals surface area contributed by atoms with Crippen LogP contribution >= 0.6 is 0 Å². The molecule has 0 saturated heterocycles. The summed E-state index contributed by atoms with van der Waals surface area (Å²) >= 11 is 0. The van der Waals surface area contributed by atoms with Crippen molar-refractivity contribution in [2.45, 2.75) is 65.0 Å². The maximum absolute atomic E-state index is 5.99. The van der Waals surface area contributed by atoms with Gasteiger partial charge in [-0.05, 0) is 24.8 Å². The van der Waals surface area contributed by atoms with Crippen LogP contribution in [0, 0.1) is 5.92 Å². The van der Waals surface area contributed by atoms with Crippen LogP contribution in [0.5, 0.6) is 0 Å². The Morgan fingerprint density at radius 2 is 1.86 bits per heavy atom. The lowest BCUT2D eigenvalue weighted by atomic mass is 9.88. The number of nitrogens with one attached hydrogen (secondary N) is 1. The number of nitrogens with two attached hydrogens (primary N) is 1. The summed E-state index contributed by atoms with van der Waals surface area (Å²) in [7, 11) is 0. The summed E-state index contributed by atoms with van der Waals surface area (Å²) in [5.41, 5.74) is 4.20. The van der Waals surface area contributed by atoms with Gasteiger partial charge in [0.1, 0.15) is 0 Å². The quantitative estimate of drug-likeness (QED) is 0.474. The fourth-order valence-corrected chi connectivity index (χ4v) is 2.89. The van der Waals surface area contributed by atoms with Gasteiger partial charge in [0.15, 0.2) is 0 Å². The largest absolute Gasteiger partial charge is 0.372 e. The number of hydrogen-bond acceptors (Lipinski definition) is 3. The zero-order valence-electron chi connectivity index (χ0n) is 13.8. The van der Waals surface area contributed by atoms with Gasteiger partial charge in [0, 0.05) is 6.61 Å². The third-order valence-corrected chi connectivity index (χ3v) is 4.18. The number of hydrazine groups is 1. The molecule has 120 valence electrons. The average Bonchev–Trinajstić information content (AvgIpc) is 2.54. The van der Waals surface area contributed by atoms with E-state index in [4.69, 9.17) is 10.6 Å². The van der Waals surface area contributed by atoms with Gasteiger partial charge in [0.05, 0.1) is 12.1 Å². The predicted octanol–water partition coefficient (Wildman–Crippen LogP) is 4.20. The van der Waals surface area contributed by atoms with Gasteiger partial charge in [-0.2, -0.15) is 0 Å². The molecule has 0 aliphatic rings. The van der Waals surface area contributed by atoms with Crippen molar-refractivity contribution < 1.29 is 4.74 Å². The van der Waals surface area contributed by atoms with Gasteiger partial charge in [-0.15, -0.1) is 0 Å². The van der Waals surface area contributed by atoms with E-state index in [0.717, 1.165) is 6.42 Å². The van der Waals surface area contributed by atoms with E-state index < -0.39 is 0 Å². The molecule has 0 amide bonds. The van der Waals surface area contributed by atoms with Gasteiger partial charge in [-0.1, -0.05) is 69.9 Å². The van der Waals surface area contributed by atoms with Gasteiger partial charge in [-0.25, -0.2) is 0 Å². The molecule has 0 bridgehead atoms. The highest BCUT2D eigenvalue weighted by Gasteiger charge is 2.25. The number of unbranched alkanes of at least 4 members (excludes halogenated alkanes) is 1. The Kier molecular flexibility index (Phi) is 9.31. The summed E-state index contributed by atoms with van der Waals surface area (Å²) in [6, 6.07) is 10.6. The SMILES string of the molecule is CCCCC(CC)CC(NN)C(OCC)c1ccccc1. The van der Waals surface area contributed by atoms with Crippen molar-refractivity contribution in [1.82, 2.24) is 5.43 Å². The Hall–Kier alpha value is -0.900. The number of hydrogen-bond donors (Lipinski definition) is 2. The molecule has 3 atom stereocenters. The maximum Gasteiger partial charge on any atom is 0.0991 e. The summed E-state index contributed by atoms with van der Waals surface area (Å²) in [6.45, 7) is 7.26. The second-order valence-corrected chi connectivity index (χ2v) is 5.71. The van der Waals surface area contributed by atoms with Crippen molar-refractivity contribution in [3.05, 3.63) is 35.9 Å². The molecule has 0 spiro atoms. The predicted molar refractivity (Wildman–Crippen MR) is 89.8 cm³/mol. The molecule has 0 heterocycles. The first-order valence-electron chi connectivity index (χ1n) is 8.39. The lowest BCUT2D eigenvalue weighted by molar-refractivity contribution is 0.0256. The molecule has 3 N–H and O–H groups in total. The number of benzene rings is 1. The highest BCUT2D eigenvalue weighted by atomic mass is 16.5. The number of rotatable bonds is 11. The van der Waals surface area contributed by atoms with Crippen LogP contribution in [0.1, 0.15) is 64.5 Å². The van der Waals surface area contributed by atoms with E-state index in [-0.39, 0.29) is 12.1 Å². The lowest BCUT2D eigenvalue weighted by Crippen LogP contribution is -2.42. The zero-order chi connectivity index (χ0) is 15.5. The molecule has 21 heavy (non-hydrogen) atoms. The molecular weight excluding hydrogens is 260 g/mol. The normalized spacial score (nSPS) is 15.6. The Labute approximate surface area is 130 Å². The summed E-state index contributed by atoms with van der Waals surface area (Å²) in [4.78, 5) is 0. The zero-order valence-corrected chi connectivity index (χ0v) is 13.8. The molecule has 0 fully saturated rings. The van der Waals surface area contributed by atoms with Crippen molar-refractivity contribution in [3.8, 4) is 0 Å². The van der Waals surface area contributed by atoms with Crippen LogP contribution in [0.2, 0.25) is 0 Å². The van der Waals surface area contributed by atoms with E-state index >= 15 is 0 Å². The molecular formula is C18H32N2O. The monoisotopic (exact) mass is 292 g/mol. The van der Waals surface area contributed by atoms with Gasteiger partial charge in [-0.3, -0.25) is 11.3 Å². The summed E-state index contributed by atoms with van der Waals surface area (Å²) in [6.07, 6.45) is 6.11. The minimum absolute atomic E-state index is 0.0249. The topological polar surface area (TPSA) is 47.3 Å². The molecule has 0 aliphatic heterocycles. The minimum Gasteiger partial charge on any atom is -0.372 e. The van der Waals surface area contributed by atoms with Crippen LogP contribution in [0.4, 0.5) is 0 Å². The minimum atomic E-state index is 0.0249. The highest BCUT2D eigenvalue weighted by Crippen LogP contribution is 2.28. The van der Waals surface area contributed by atoms with Crippen LogP contribution in [-0.4, -0.2) is 12.6 Å². The van der Waals surface area contributed by atoms with E-state index in [0.29, 0.717) is 12.5 Å². The molecule has 1 rings (SSSR count). The first-order chi connectivity index (χ1) is 10.3. The van der Waals surface area contributed by atoms with Gasteiger partial charge in [0.2, 0.25) is 0 Å². The average molecular weight is 292 g/mol. The van der Waals surface area contributed by atoms with E-state index in [1.807, 2.05) is 13.0 Å². The Bertz CT molecular complexity index is 355. The summed E-state index contributed by atoms with van der Waals surface area (Å²) in [5.74, 6) is 6.55. The third kappa shape index (κ3) is 6.16. The van der Waals surface area contributed by atoms with E-state index in [9.17, 15) is 0 Å². The second-order valence-electron chi connectivity index (χ2n) is 5.71. The van der Waals surface area contributed by atoms with Crippen molar-refractivity contribution in [1.29, 1.82) is 0 Å².